The van der Waals surface area contributed by atoms with E-state index in [1.165, 1.54) is 32.7 Å². The molecule has 0 unspecified atom stereocenters. The fraction of sp³-hybridized carbons (Fsp3) is 0.800. The van der Waals surface area contributed by atoms with Gasteiger partial charge in [-0.25, -0.2) is 0 Å². The Morgan fingerprint density at radius 1 is 1.18 bits per heavy atom. The molecule has 1 aliphatic rings. The normalized spacial score (nSPS) is 19.2. The van der Waals surface area contributed by atoms with Gasteiger partial charge in [0.15, 0.2) is 0 Å². The average Bonchev–Trinajstić information content (AvgIpc) is 2.31. The van der Waals surface area contributed by atoms with Crippen LogP contribution in [0.5, 0.6) is 0 Å². The molecule has 1 fully saturated rings. The van der Waals surface area contributed by atoms with Crippen LogP contribution in [0.2, 0.25) is 0 Å². The molecule has 0 aromatic rings. The molecule has 0 N–H and O–H groups in total. The van der Waals surface area contributed by atoms with Crippen LogP contribution in [0.3, 0.4) is 0 Å². The van der Waals surface area contributed by atoms with Crippen molar-refractivity contribution in [1.82, 2.24) is 9.80 Å². The molecule has 0 saturated carbocycles. The smallest absolute Gasteiger partial charge is 0.0110 e. The van der Waals surface area contributed by atoms with E-state index in [1.54, 1.807) is 0 Å². The van der Waals surface area contributed by atoms with Crippen molar-refractivity contribution >= 4 is 0 Å². The topological polar surface area (TPSA) is 6.48 Å². The van der Waals surface area contributed by atoms with Crippen LogP contribution in [0.15, 0.2) is 0 Å². The third-order valence-electron chi connectivity index (χ3n) is 3.59. The van der Waals surface area contributed by atoms with Gasteiger partial charge < -0.3 is 9.80 Å². The Hall–Kier alpha value is -0.520. The first-order chi connectivity index (χ1) is 8.07. The molecule has 97 valence electrons. The lowest BCUT2D eigenvalue weighted by Gasteiger charge is -2.38. The number of hydrogen-bond donors (Lipinski definition) is 0. The monoisotopic (exact) mass is 235 g/mol. The van der Waals surface area contributed by atoms with E-state index < -0.39 is 0 Å². The third-order valence-corrected chi connectivity index (χ3v) is 3.59. The van der Waals surface area contributed by atoms with E-state index in [-0.39, 0.29) is 0 Å². The van der Waals surface area contributed by atoms with E-state index >= 15 is 0 Å². The van der Waals surface area contributed by atoms with Gasteiger partial charge in [0.25, 0.3) is 0 Å². The summed E-state index contributed by atoms with van der Waals surface area (Å²) in [5, 5.41) is 0. The van der Waals surface area contributed by atoms with E-state index in [4.69, 9.17) is 6.42 Å². The Morgan fingerprint density at radius 3 is 2.29 bits per heavy atom. The predicted octanol–water partition coefficient (Wildman–Crippen LogP) is 2.27. The zero-order valence-electron chi connectivity index (χ0n) is 11.5. The Morgan fingerprint density at radius 2 is 1.76 bits per heavy atom. The van der Waals surface area contributed by atoms with Gasteiger partial charge in [-0.05, 0) is 24.8 Å². The lowest BCUT2D eigenvalue weighted by molar-refractivity contribution is 0.0970. The van der Waals surface area contributed by atoms with Crippen molar-refractivity contribution in [3.63, 3.8) is 0 Å². The highest BCUT2D eigenvalue weighted by Crippen LogP contribution is 2.21. The zero-order valence-corrected chi connectivity index (χ0v) is 11.5. The van der Waals surface area contributed by atoms with Gasteiger partial charge in [-0.15, -0.1) is 12.3 Å². The molecular formula is C15H27N2. The molecule has 0 aromatic carbocycles. The molecule has 1 rings (SSSR count). The number of terminal acetylenes is 1. The van der Waals surface area contributed by atoms with Crippen LogP contribution in [0.4, 0.5) is 0 Å². The minimum absolute atomic E-state index is 0.353. The molecule has 0 aliphatic carbocycles. The molecule has 1 aliphatic heterocycles. The largest absolute Gasteiger partial charge is 0.301 e. The molecular weight excluding hydrogens is 208 g/mol. The van der Waals surface area contributed by atoms with Crippen LogP contribution in [0.1, 0.15) is 33.1 Å². The number of piperazine rings is 1. The van der Waals surface area contributed by atoms with Crippen molar-refractivity contribution in [3.05, 3.63) is 6.92 Å². The molecule has 1 saturated heterocycles. The van der Waals surface area contributed by atoms with Crippen LogP contribution in [0.25, 0.3) is 0 Å². The number of unbranched alkanes of at least 4 members (excludes halogenated alkanes) is 1. The summed E-state index contributed by atoms with van der Waals surface area (Å²) in [5.41, 5.74) is 0.353. The minimum atomic E-state index is 0.353. The summed E-state index contributed by atoms with van der Waals surface area (Å²) in [5.74, 6) is 2.71. The maximum atomic E-state index is 5.27. The highest BCUT2D eigenvalue weighted by atomic mass is 15.3. The van der Waals surface area contributed by atoms with Gasteiger partial charge in [-0.1, -0.05) is 20.8 Å². The summed E-state index contributed by atoms with van der Waals surface area (Å²) in [7, 11) is 0. The second-order valence-electron chi connectivity index (χ2n) is 5.84. The predicted molar refractivity (Wildman–Crippen MR) is 74.7 cm³/mol. The molecule has 0 atom stereocenters. The summed E-state index contributed by atoms with van der Waals surface area (Å²) in [6, 6.07) is 0. The van der Waals surface area contributed by atoms with Gasteiger partial charge in [0.2, 0.25) is 0 Å². The van der Waals surface area contributed by atoms with Gasteiger partial charge in [-0.2, -0.15) is 0 Å². The molecule has 2 heteroatoms. The highest BCUT2D eigenvalue weighted by Gasteiger charge is 2.23. The SMILES string of the molecule is C#CCCCN1CCN(CC(C)(C)C[CH2])CC1. The quantitative estimate of drug-likeness (QED) is 0.515. The summed E-state index contributed by atoms with van der Waals surface area (Å²) in [6.07, 6.45) is 8.33. The summed E-state index contributed by atoms with van der Waals surface area (Å²) < 4.78 is 0. The van der Waals surface area contributed by atoms with E-state index in [1.807, 2.05) is 0 Å². The second kappa shape index (κ2) is 7.03. The van der Waals surface area contributed by atoms with Crippen molar-refractivity contribution in [2.24, 2.45) is 5.41 Å². The van der Waals surface area contributed by atoms with E-state index in [9.17, 15) is 0 Å². The van der Waals surface area contributed by atoms with Crippen molar-refractivity contribution in [1.29, 1.82) is 0 Å². The molecule has 1 radical (unpaired) electrons. The van der Waals surface area contributed by atoms with Crippen LogP contribution >= 0.6 is 0 Å². The van der Waals surface area contributed by atoms with E-state index in [2.05, 4.69) is 36.5 Å². The number of rotatable bonds is 6. The molecule has 0 aromatic heterocycles. The zero-order chi connectivity index (χ0) is 12.7. The van der Waals surface area contributed by atoms with Gasteiger partial charge in [0.05, 0.1) is 0 Å². The first-order valence-corrected chi connectivity index (χ1v) is 6.75. The summed E-state index contributed by atoms with van der Waals surface area (Å²) in [4.78, 5) is 5.11. The fourth-order valence-electron chi connectivity index (χ4n) is 2.26. The van der Waals surface area contributed by atoms with Gasteiger partial charge in [0, 0.05) is 39.1 Å². The first-order valence-electron chi connectivity index (χ1n) is 6.75. The Balaban J connectivity index is 2.20. The van der Waals surface area contributed by atoms with Crippen molar-refractivity contribution in [3.8, 4) is 12.3 Å². The number of nitrogens with zero attached hydrogens (tertiary/aromatic N) is 2. The Kier molecular flexibility index (Phi) is 6.02. The molecule has 0 spiro atoms. The lowest BCUT2D eigenvalue weighted by Crippen LogP contribution is -2.49. The standard InChI is InChI=1S/C15H27N2/c1-5-7-8-9-16-10-12-17(13-11-16)14-15(3,4)6-2/h1H,2,6-14H2,3-4H3. The van der Waals surface area contributed by atoms with Gasteiger partial charge >= 0.3 is 0 Å². The maximum Gasteiger partial charge on any atom is 0.0110 e. The molecule has 1 heterocycles. The molecule has 0 bridgehead atoms. The number of hydrogen-bond acceptors (Lipinski definition) is 2. The van der Waals surface area contributed by atoms with Crippen LogP contribution in [-0.4, -0.2) is 49.1 Å². The van der Waals surface area contributed by atoms with Gasteiger partial charge in [-0.3, -0.25) is 0 Å². The van der Waals surface area contributed by atoms with Crippen LogP contribution in [0, 0.1) is 24.7 Å². The average molecular weight is 235 g/mol. The maximum absolute atomic E-state index is 5.27. The summed E-state index contributed by atoms with van der Waals surface area (Å²) in [6.45, 7) is 15.8. The lowest BCUT2D eigenvalue weighted by atomic mass is 9.89. The highest BCUT2D eigenvalue weighted by molar-refractivity contribution is 4.84. The van der Waals surface area contributed by atoms with Crippen molar-refractivity contribution in [2.45, 2.75) is 33.1 Å². The second-order valence-corrected chi connectivity index (χ2v) is 5.84. The van der Waals surface area contributed by atoms with Crippen LogP contribution < -0.4 is 0 Å². The first kappa shape index (κ1) is 14.5. The fourth-order valence-corrected chi connectivity index (χ4v) is 2.26. The Bertz CT molecular complexity index is 244. The molecule has 2 nitrogen and oxygen atoms in total. The molecule has 0 amide bonds. The van der Waals surface area contributed by atoms with Crippen molar-refractivity contribution in [2.75, 3.05) is 39.3 Å². The Labute approximate surface area is 107 Å². The van der Waals surface area contributed by atoms with Crippen molar-refractivity contribution < 1.29 is 0 Å². The molecule has 17 heavy (non-hydrogen) atoms. The summed E-state index contributed by atoms with van der Waals surface area (Å²) >= 11 is 0. The minimum Gasteiger partial charge on any atom is -0.301 e. The van der Waals surface area contributed by atoms with Gasteiger partial charge in [0.1, 0.15) is 0 Å². The third kappa shape index (κ3) is 5.57. The van der Waals surface area contributed by atoms with E-state index in [0.717, 1.165) is 25.8 Å². The van der Waals surface area contributed by atoms with E-state index in [0.29, 0.717) is 5.41 Å². The van der Waals surface area contributed by atoms with Crippen LogP contribution in [-0.2, 0) is 0 Å².